The minimum atomic E-state index is -0.266. The number of nitrogens with zero attached hydrogens (tertiary/aromatic N) is 2. The van der Waals surface area contributed by atoms with Gasteiger partial charge in [-0.1, -0.05) is 6.07 Å². The van der Waals surface area contributed by atoms with Crippen LogP contribution in [0.2, 0.25) is 0 Å². The van der Waals surface area contributed by atoms with E-state index in [0.717, 1.165) is 43.8 Å². The molecule has 2 fully saturated rings. The first kappa shape index (κ1) is 15.0. The van der Waals surface area contributed by atoms with Gasteiger partial charge < -0.3 is 20.3 Å². The summed E-state index contributed by atoms with van der Waals surface area (Å²) in [5.41, 5.74) is 1.35. The molecule has 1 atom stereocenters. The molecule has 6 heteroatoms. The predicted octanol–water partition coefficient (Wildman–Crippen LogP) is 0.300. The zero-order valence-corrected chi connectivity index (χ0v) is 12.8. The Labute approximate surface area is 130 Å². The third-order valence-corrected chi connectivity index (χ3v) is 4.70. The summed E-state index contributed by atoms with van der Waals surface area (Å²) in [5, 5.41) is 5.89. The van der Waals surface area contributed by atoms with E-state index in [1.165, 1.54) is 0 Å². The van der Waals surface area contributed by atoms with Gasteiger partial charge in [0.25, 0.3) is 0 Å². The maximum Gasteiger partial charge on any atom is 0.219 e. The lowest BCUT2D eigenvalue weighted by molar-refractivity contribution is -0.120. The van der Waals surface area contributed by atoms with E-state index in [4.69, 9.17) is 0 Å². The SMILES string of the molecule is CNC(=O)CCC(C=O)c1ccc(N2CC3(CNC3)C2)nc1. The molecular weight excluding hydrogens is 280 g/mol. The van der Waals surface area contributed by atoms with Gasteiger partial charge >= 0.3 is 0 Å². The summed E-state index contributed by atoms with van der Waals surface area (Å²) in [5.74, 6) is 0.658. The van der Waals surface area contributed by atoms with E-state index < -0.39 is 0 Å². The standard InChI is InChI=1S/C16H22N4O2/c1-17-15(22)5-3-13(7-21)12-2-4-14(19-6-12)20-10-16(11-20)8-18-9-16/h2,4,6-7,13,18H,3,5,8-11H2,1H3,(H,17,22). The summed E-state index contributed by atoms with van der Waals surface area (Å²) >= 11 is 0. The van der Waals surface area contributed by atoms with Gasteiger partial charge in [0.1, 0.15) is 12.1 Å². The molecular formula is C16H22N4O2. The van der Waals surface area contributed by atoms with Crippen molar-refractivity contribution < 1.29 is 9.59 Å². The summed E-state index contributed by atoms with van der Waals surface area (Å²) < 4.78 is 0. The Morgan fingerprint density at radius 2 is 2.27 bits per heavy atom. The lowest BCUT2D eigenvalue weighted by Crippen LogP contribution is -2.71. The number of carbonyl (C=O) groups is 2. The molecule has 1 aromatic rings. The molecule has 0 aromatic carbocycles. The third kappa shape index (κ3) is 2.83. The second-order valence-electron chi connectivity index (χ2n) is 6.36. The molecule has 1 amide bonds. The molecule has 3 heterocycles. The van der Waals surface area contributed by atoms with Crippen molar-refractivity contribution >= 4 is 18.0 Å². The molecule has 1 aromatic heterocycles. The van der Waals surface area contributed by atoms with Crippen molar-refractivity contribution in [1.82, 2.24) is 15.6 Å². The average molecular weight is 302 g/mol. The fourth-order valence-corrected chi connectivity index (χ4v) is 3.16. The van der Waals surface area contributed by atoms with Crippen LogP contribution in [0, 0.1) is 5.41 Å². The number of pyridine rings is 1. The van der Waals surface area contributed by atoms with Gasteiger partial charge in [0.2, 0.25) is 5.91 Å². The van der Waals surface area contributed by atoms with Gasteiger partial charge in [0.15, 0.2) is 0 Å². The zero-order chi connectivity index (χ0) is 15.6. The van der Waals surface area contributed by atoms with E-state index in [9.17, 15) is 9.59 Å². The molecule has 1 spiro atoms. The fraction of sp³-hybridized carbons (Fsp3) is 0.562. The normalized spacial score (nSPS) is 20.0. The van der Waals surface area contributed by atoms with Crippen LogP contribution in [0.15, 0.2) is 18.3 Å². The predicted molar refractivity (Wildman–Crippen MR) is 83.9 cm³/mol. The number of anilines is 1. The van der Waals surface area contributed by atoms with Gasteiger partial charge in [-0.25, -0.2) is 4.98 Å². The van der Waals surface area contributed by atoms with Crippen LogP contribution < -0.4 is 15.5 Å². The molecule has 2 saturated heterocycles. The zero-order valence-electron chi connectivity index (χ0n) is 12.8. The molecule has 0 radical (unpaired) electrons. The Kier molecular flexibility index (Phi) is 4.11. The highest BCUT2D eigenvalue weighted by atomic mass is 16.1. The summed E-state index contributed by atoms with van der Waals surface area (Å²) in [6.07, 6.45) is 3.53. The van der Waals surface area contributed by atoms with Crippen LogP contribution in [0.5, 0.6) is 0 Å². The van der Waals surface area contributed by atoms with Crippen molar-refractivity contribution in [2.75, 3.05) is 38.1 Å². The van der Waals surface area contributed by atoms with Crippen molar-refractivity contribution in [3.8, 4) is 0 Å². The van der Waals surface area contributed by atoms with E-state index >= 15 is 0 Å². The number of rotatable bonds is 6. The average Bonchev–Trinajstić information content (AvgIpc) is 2.46. The smallest absolute Gasteiger partial charge is 0.219 e. The van der Waals surface area contributed by atoms with Crippen LogP contribution in [-0.4, -0.2) is 50.4 Å². The fourth-order valence-electron chi connectivity index (χ4n) is 3.16. The number of carbonyl (C=O) groups excluding carboxylic acids is 2. The topological polar surface area (TPSA) is 74.3 Å². The molecule has 2 aliphatic heterocycles. The summed E-state index contributed by atoms with van der Waals surface area (Å²) in [7, 11) is 1.60. The number of amides is 1. The summed E-state index contributed by atoms with van der Waals surface area (Å²) in [4.78, 5) is 29.3. The summed E-state index contributed by atoms with van der Waals surface area (Å²) in [6, 6.07) is 3.93. The highest BCUT2D eigenvalue weighted by Crippen LogP contribution is 2.36. The Hall–Kier alpha value is -1.95. The molecule has 3 rings (SSSR count). The monoisotopic (exact) mass is 302 g/mol. The van der Waals surface area contributed by atoms with E-state index in [0.29, 0.717) is 18.3 Å². The molecule has 22 heavy (non-hydrogen) atoms. The minimum Gasteiger partial charge on any atom is -0.359 e. The number of nitrogens with one attached hydrogen (secondary N) is 2. The number of hydrogen-bond donors (Lipinski definition) is 2. The second-order valence-corrected chi connectivity index (χ2v) is 6.36. The van der Waals surface area contributed by atoms with E-state index in [1.807, 2.05) is 12.1 Å². The molecule has 0 saturated carbocycles. The molecule has 2 N–H and O–H groups in total. The lowest BCUT2D eigenvalue weighted by atomic mass is 9.74. The third-order valence-electron chi connectivity index (χ3n) is 4.70. The van der Waals surface area contributed by atoms with Gasteiger partial charge in [-0.3, -0.25) is 4.79 Å². The molecule has 1 unspecified atom stereocenters. The molecule has 118 valence electrons. The highest BCUT2D eigenvalue weighted by molar-refractivity contribution is 5.76. The largest absolute Gasteiger partial charge is 0.359 e. The first-order valence-electron chi connectivity index (χ1n) is 7.73. The Morgan fingerprint density at radius 1 is 1.50 bits per heavy atom. The second kappa shape index (κ2) is 6.04. The highest BCUT2D eigenvalue weighted by Gasteiger charge is 2.47. The van der Waals surface area contributed by atoms with Crippen molar-refractivity contribution in [2.45, 2.75) is 18.8 Å². The van der Waals surface area contributed by atoms with Crippen molar-refractivity contribution in [2.24, 2.45) is 5.41 Å². The van der Waals surface area contributed by atoms with Crippen molar-refractivity contribution in [3.05, 3.63) is 23.9 Å². The minimum absolute atomic E-state index is 0.0450. The van der Waals surface area contributed by atoms with Gasteiger partial charge in [0, 0.05) is 57.2 Å². The first-order chi connectivity index (χ1) is 10.7. The van der Waals surface area contributed by atoms with Crippen molar-refractivity contribution in [3.63, 3.8) is 0 Å². The summed E-state index contributed by atoms with van der Waals surface area (Å²) in [6.45, 7) is 4.32. The Bertz CT molecular complexity index is 546. The van der Waals surface area contributed by atoms with Crippen LogP contribution in [0.1, 0.15) is 24.3 Å². The van der Waals surface area contributed by atoms with Gasteiger partial charge in [-0.05, 0) is 18.1 Å². The van der Waals surface area contributed by atoms with E-state index in [2.05, 4.69) is 20.5 Å². The van der Waals surface area contributed by atoms with Gasteiger partial charge in [-0.2, -0.15) is 0 Å². The number of aromatic nitrogens is 1. The maximum absolute atomic E-state index is 11.3. The number of aldehydes is 1. The van der Waals surface area contributed by atoms with Crippen LogP contribution in [-0.2, 0) is 9.59 Å². The molecule has 2 aliphatic rings. The first-order valence-corrected chi connectivity index (χ1v) is 7.73. The van der Waals surface area contributed by atoms with Crippen molar-refractivity contribution in [1.29, 1.82) is 0 Å². The maximum atomic E-state index is 11.3. The van der Waals surface area contributed by atoms with Crippen LogP contribution in [0.3, 0.4) is 0 Å². The molecule has 0 aliphatic carbocycles. The van der Waals surface area contributed by atoms with Gasteiger partial charge in [0.05, 0.1) is 0 Å². The molecule has 6 nitrogen and oxygen atoms in total. The lowest BCUT2D eigenvalue weighted by Gasteiger charge is -2.56. The van der Waals surface area contributed by atoms with Crippen LogP contribution in [0.4, 0.5) is 5.82 Å². The Balaban J connectivity index is 1.58. The molecule has 0 bridgehead atoms. The van der Waals surface area contributed by atoms with Crippen LogP contribution >= 0.6 is 0 Å². The van der Waals surface area contributed by atoms with Crippen LogP contribution in [0.25, 0.3) is 0 Å². The van der Waals surface area contributed by atoms with E-state index in [-0.39, 0.29) is 11.8 Å². The number of hydrogen-bond acceptors (Lipinski definition) is 5. The van der Waals surface area contributed by atoms with Gasteiger partial charge in [-0.15, -0.1) is 0 Å². The quantitative estimate of drug-likeness (QED) is 0.739. The van der Waals surface area contributed by atoms with E-state index in [1.54, 1.807) is 13.2 Å². The Morgan fingerprint density at radius 3 is 2.77 bits per heavy atom.